The van der Waals surface area contributed by atoms with Crippen LogP contribution < -0.4 is 4.74 Å². The molecule has 0 aromatic heterocycles. The molecule has 2 saturated heterocycles. The Morgan fingerprint density at radius 1 is 1.21 bits per heavy atom. The Labute approximate surface area is 203 Å². The van der Waals surface area contributed by atoms with E-state index in [1.54, 1.807) is 29.2 Å². The summed E-state index contributed by atoms with van der Waals surface area (Å²) in [6.45, 7) is 5.68. The summed E-state index contributed by atoms with van der Waals surface area (Å²) in [6.07, 6.45) is 0.167. The van der Waals surface area contributed by atoms with Gasteiger partial charge in [-0.2, -0.15) is 0 Å². The van der Waals surface area contributed by atoms with Gasteiger partial charge in [-0.1, -0.05) is 23.7 Å². The smallest absolute Gasteiger partial charge is 0.308 e. The summed E-state index contributed by atoms with van der Waals surface area (Å²) in [4.78, 5) is 28.7. The fraction of sp³-hybridized carbons (Fsp3) is 0.440. The van der Waals surface area contributed by atoms with Crippen LogP contribution in [0.4, 0.5) is 4.39 Å². The van der Waals surface area contributed by atoms with Crippen molar-refractivity contribution in [1.82, 2.24) is 9.80 Å². The number of ether oxygens (including phenoxy) is 2. The predicted octanol–water partition coefficient (Wildman–Crippen LogP) is 3.46. The number of cyclic esters (lactones) is 1. The maximum absolute atomic E-state index is 13.2. The highest BCUT2D eigenvalue weighted by atomic mass is 35.5. The van der Waals surface area contributed by atoms with Gasteiger partial charge in [0.15, 0.2) is 6.61 Å². The van der Waals surface area contributed by atoms with Gasteiger partial charge in [0.05, 0.1) is 12.0 Å². The largest absolute Gasteiger partial charge is 0.483 e. The zero-order valence-electron chi connectivity index (χ0n) is 19.2. The molecule has 4 rings (SSSR count). The molecule has 2 aromatic rings. The minimum atomic E-state index is -1.83. The van der Waals surface area contributed by atoms with Gasteiger partial charge in [-0.05, 0) is 49.7 Å². The Bertz CT molecular complexity index is 1070. The van der Waals surface area contributed by atoms with E-state index in [1.165, 1.54) is 18.2 Å². The lowest BCUT2D eigenvalue weighted by Gasteiger charge is -2.44. The number of amides is 1. The number of esters is 1. The van der Waals surface area contributed by atoms with Crippen LogP contribution in [0.5, 0.6) is 5.75 Å². The van der Waals surface area contributed by atoms with Gasteiger partial charge in [-0.15, -0.1) is 0 Å². The molecule has 9 heteroatoms. The van der Waals surface area contributed by atoms with Crippen LogP contribution in [-0.4, -0.2) is 58.6 Å². The molecule has 1 amide bonds. The molecule has 2 fully saturated rings. The van der Waals surface area contributed by atoms with Gasteiger partial charge >= 0.3 is 5.97 Å². The summed E-state index contributed by atoms with van der Waals surface area (Å²) in [5, 5.41) is 11.1. The van der Waals surface area contributed by atoms with Crippen molar-refractivity contribution in [2.24, 2.45) is 0 Å². The number of carbonyl (C=O) groups is 2. The van der Waals surface area contributed by atoms with Crippen LogP contribution in [0.2, 0.25) is 5.02 Å². The van der Waals surface area contributed by atoms with E-state index < -0.39 is 11.8 Å². The molecule has 0 radical (unpaired) electrons. The monoisotopic (exact) mass is 490 g/mol. The second-order valence-corrected chi connectivity index (χ2v) is 9.42. The first-order valence-electron chi connectivity index (χ1n) is 11.3. The van der Waals surface area contributed by atoms with E-state index in [2.05, 4.69) is 11.8 Å². The van der Waals surface area contributed by atoms with Crippen molar-refractivity contribution in [1.29, 1.82) is 0 Å². The SMILES string of the molecule is CC1CN(C(=O)COc2ccc(Cl)cc2C2(O)CCC(=O)O2)C(C)CN1Cc1ccc(F)cc1. The summed E-state index contributed by atoms with van der Waals surface area (Å²) in [7, 11) is 0. The van der Waals surface area contributed by atoms with Gasteiger partial charge in [0.2, 0.25) is 5.79 Å². The van der Waals surface area contributed by atoms with Gasteiger partial charge in [-0.3, -0.25) is 14.5 Å². The number of halogens is 2. The van der Waals surface area contributed by atoms with Gasteiger partial charge in [0.25, 0.3) is 5.91 Å². The van der Waals surface area contributed by atoms with E-state index in [0.717, 1.165) is 5.56 Å². The normalized spacial score (nSPS) is 25.3. The zero-order valence-corrected chi connectivity index (χ0v) is 19.9. The molecule has 1 N–H and O–H groups in total. The Morgan fingerprint density at radius 2 is 1.94 bits per heavy atom. The van der Waals surface area contributed by atoms with Gasteiger partial charge < -0.3 is 19.5 Å². The molecule has 182 valence electrons. The molecular formula is C25H28ClFN2O5. The van der Waals surface area contributed by atoms with Crippen LogP contribution in [0.15, 0.2) is 42.5 Å². The number of benzene rings is 2. The third-order valence-electron chi connectivity index (χ3n) is 6.40. The van der Waals surface area contributed by atoms with Crippen molar-refractivity contribution in [3.05, 3.63) is 64.4 Å². The standard InChI is InChI=1S/C25H28ClFN2O5/c1-16-13-29(17(2)12-28(16)14-18-3-6-20(27)7-4-18)23(30)15-33-22-8-5-19(26)11-21(22)25(32)10-9-24(31)34-25/h3-8,11,16-17,32H,9-10,12-15H2,1-2H3. The number of hydrogen-bond donors (Lipinski definition) is 1. The highest BCUT2D eigenvalue weighted by molar-refractivity contribution is 6.30. The first kappa shape index (κ1) is 24.4. The summed E-state index contributed by atoms with van der Waals surface area (Å²) >= 11 is 6.09. The molecule has 2 aliphatic rings. The van der Waals surface area contributed by atoms with Gasteiger partial charge in [0, 0.05) is 43.2 Å². The summed E-state index contributed by atoms with van der Waals surface area (Å²) in [6, 6.07) is 11.1. The minimum absolute atomic E-state index is 0.0441. The Kier molecular flexibility index (Phi) is 7.12. The van der Waals surface area contributed by atoms with E-state index in [4.69, 9.17) is 21.1 Å². The van der Waals surface area contributed by atoms with Crippen molar-refractivity contribution in [3.63, 3.8) is 0 Å². The van der Waals surface area contributed by atoms with E-state index in [-0.39, 0.29) is 54.6 Å². The second kappa shape index (κ2) is 9.90. The highest BCUT2D eigenvalue weighted by Gasteiger charge is 2.42. The van der Waals surface area contributed by atoms with Crippen molar-refractivity contribution in [3.8, 4) is 5.75 Å². The minimum Gasteiger partial charge on any atom is -0.483 e. The van der Waals surface area contributed by atoms with Crippen LogP contribution in [0.3, 0.4) is 0 Å². The fourth-order valence-electron chi connectivity index (χ4n) is 4.50. The molecule has 34 heavy (non-hydrogen) atoms. The van der Waals surface area contributed by atoms with Crippen LogP contribution in [0.25, 0.3) is 0 Å². The van der Waals surface area contributed by atoms with Gasteiger partial charge in [0.1, 0.15) is 11.6 Å². The summed E-state index contributed by atoms with van der Waals surface area (Å²) in [5.41, 5.74) is 1.24. The van der Waals surface area contributed by atoms with Crippen molar-refractivity contribution >= 4 is 23.5 Å². The number of aliphatic hydroxyl groups is 1. The average molecular weight is 491 g/mol. The molecular weight excluding hydrogens is 463 g/mol. The maximum atomic E-state index is 13.2. The molecule has 3 unspecified atom stereocenters. The first-order chi connectivity index (χ1) is 16.1. The average Bonchev–Trinajstić information content (AvgIpc) is 3.16. The van der Waals surface area contributed by atoms with E-state index in [0.29, 0.717) is 24.7 Å². The molecule has 3 atom stereocenters. The lowest BCUT2D eigenvalue weighted by Crippen LogP contribution is -2.58. The topological polar surface area (TPSA) is 79.3 Å². The molecule has 0 spiro atoms. The molecule has 2 aliphatic heterocycles. The Morgan fingerprint density at radius 3 is 2.62 bits per heavy atom. The van der Waals surface area contributed by atoms with Crippen LogP contribution in [-0.2, 0) is 26.7 Å². The van der Waals surface area contributed by atoms with Gasteiger partial charge in [-0.25, -0.2) is 4.39 Å². The van der Waals surface area contributed by atoms with Crippen molar-refractivity contribution in [2.75, 3.05) is 19.7 Å². The third-order valence-corrected chi connectivity index (χ3v) is 6.63. The third kappa shape index (κ3) is 5.35. The second-order valence-electron chi connectivity index (χ2n) is 8.99. The molecule has 2 heterocycles. The van der Waals surface area contributed by atoms with Crippen LogP contribution >= 0.6 is 11.6 Å². The number of rotatable bonds is 6. The lowest BCUT2D eigenvalue weighted by atomic mass is 10.0. The van der Waals surface area contributed by atoms with E-state index in [1.807, 2.05) is 6.92 Å². The van der Waals surface area contributed by atoms with E-state index >= 15 is 0 Å². The molecule has 0 saturated carbocycles. The van der Waals surface area contributed by atoms with Crippen molar-refractivity contribution < 1.29 is 28.6 Å². The molecule has 0 aliphatic carbocycles. The summed E-state index contributed by atoms with van der Waals surface area (Å²) in [5.74, 6) is -2.54. The predicted molar refractivity (Wildman–Crippen MR) is 124 cm³/mol. The molecule has 2 aromatic carbocycles. The zero-order chi connectivity index (χ0) is 24.5. The summed E-state index contributed by atoms with van der Waals surface area (Å²) < 4.78 is 24.1. The van der Waals surface area contributed by atoms with Crippen molar-refractivity contribution in [2.45, 2.75) is 51.1 Å². The Hall–Kier alpha value is -2.68. The molecule has 7 nitrogen and oxygen atoms in total. The number of hydrogen-bond acceptors (Lipinski definition) is 6. The number of nitrogens with zero attached hydrogens (tertiary/aromatic N) is 2. The number of piperazine rings is 1. The van der Waals surface area contributed by atoms with Crippen LogP contribution in [0, 0.1) is 5.82 Å². The first-order valence-corrected chi connectivity index (χ1v) is 11.7. The highest BCUT2D eigenvalue weighted by Crippen LogP contribution is 2.40. The quantitative estimate of drug-likeness (QED) is 0.625. The van der Waals surface area contributed by atoms with E-state index in [9.17, 15) is 19.1 Å². The maximum Gasteiger partial charge on any atom is 0.308 e. The number of carbonyl (C=O) groups excluding carboxylic acids is 2. The fourth-order valence-corrected chi connectivity index (χ4v) is 4.67. The molecule has 0 bridgehead atoms. The lowest BCUT2D eigenvalue weighted by molar-refractivity contribution is -0.193. The van der Waals surface area contributed by atoms with Crippen LogP contribution in [0.1, 0.15) is 37.8 Å². The Balaban J connectivity index is 1.39.